The van der Waals surface area contributed by atoms with E-state index in [1.54, 1.807) is 18.3 Å². The smallest absolute Gasteiger partial charge is 0.303 e. The molecule has 7 heteroatoms. The highest BCUT2D eigenvalue weighted by atomic mass is 35.5. The average molecular weight is 431 g/mol. The van der Waals surface area contributed by atoms with Gasteiger partial charge in [-0.05, 0) is 47.9 Å². The van der Waals surface area contributed by atoms with Crippen LogP contribution in [0.2, 0.25) is 10.0 Å². The summed E-state index contributed by atoms with van der Waals surface area (Å²) in [7, 11) is 1.97. The zero-order chi connectivity index (χ0) is 20.8. The number of pyridine rings is 1. The fourth-order valence-corrected chi connectivity index (χ4v) is 3.08. The third-order valence-electron chi connectivity index (χ3n) is 4.34. The molecule has 1 heterocycles. The molecule has 3 rings (SSSR count). The van der Waals surface area contributed by atoms with Crippen molar-refractivity contribution in [2.45, 2.75) is 19.4 Å². The van der Waals surface area contributed by atoms with E-state index in [2.05, 4.69) is 4.98 Å². The van der Waals surface area contributed by atoms with Gasteiger partial charge in [-0.25, -0.2) is 4.98 Å². The molecule has 0 atom stereocenters. The van der Waals surface area contributed by atoms with Crippen LogP contribution >= 0.6 is 23.2 Å². The summed E-state index contributed by atoms with van der Waals surface area (Å²) in [4.78, 5) is 17.0. The van der Waals surface area contributed by atoms with Crippen molar-refractivity contribution >= 4 is 34.9 Å². The van der Waals surface area contributed by atoms with Crippen LogP contribution in [0, 0.1) is 0 Å². The minimum Gasteiger partial charge on any atom is -0.481 e. The molecule has 0 aliphatic rings. The Hall–Kier alpha value is -2.76. The van der Waals surface area contributed by atoms with Gasteiger partial charge in [-0.1, -0.05) is 41.4 Å². The predicted molar refractivity (Wildman–Crippen MR) is 115 cm³/mol. The number of aliphatic carboxylic acids is 1. The molecule has 5 nitrogen and oxygen atoms in total. The number of aromatic nitrogens is 1. The summed E-state index contributed by atoms with van der Waals surface area (Å²) in [6, 6.07) is 16.7. The SMILES string of the molecule is CN(Cc1ccc(Cl)c(Cl)c1)c1ccc(Oc2ccc(CCC(=O)O)cc2)nc1. The second-order valence-corrected chi connectivity index (χ2v) is 7.41. The lowest BCUT2D eigenvalue weighted by Gasteiger charge is -2.19. The summed E-state index contributed by atoms with van der Waals surface area (Å²) in [5.41, 5.74) is 2.93. The van der Waals surface area contributed by atoms with Crippen LogP contribution < -0.4 is 9.64 Å². The molecule has 1 N–H and O–H groups in total. The second-order valence-electron chi connectivity index (χ2n) is 6.60. The first-order chi connectivity index (χ1) is 13.9. The number of benzene rings is 2. The number of rotatable bonds is 8. The van der Waals surface area contributed by atoms with E-state index < -0.39 is 5.97 Å². The first-order valence-electron chi connectivity index (χ1n) is 9.00. The predicted octanol–water partition coefficient (Wildman–Crippen LogP) is 5.83. The molecule has 0 unspecified atom stereocenters. The Labute approximate surface area is 179 Å². The van der Waals surface area contributed by atoms with Gasteiger partial charge in [0, 0.05) is 26.1 Å². The molecular formula is C22H20Cl2N2O3. The van der Waals surface area contributed by atoms with Crippen LogP contribution in [0.5, 0.6) is 11.6 Å². The van der Waals surface area contributed by atoms with E-state index in [1.807, 2.05) is 54.4 Å². The molecule has 0 spiro atoms. The minimum absolute atomic E-state index is 0.110. The minimum atomic E-state index is -0.807. The number of anilines is 1. The molecule has 0 bridgehead atoms. The normalized spacial score (nSPS) is 10.6. The van der Waals surface area contributed by atoms with E-state index in [0.29, 0.717) is 34.6 Å². The van der Waals surface area contributed by atoms with Gasteiger partial charge >= 0.3 is 5.97 Å². The number of carbonyl (C=O) groups is 1. The van der Waals surface area contributed by atoms with E-state index >= 15 is 0 Å². The van der Waals surface area contributed by atoms with E-state index in [1.165, 1.54) is 0 Å². The molecule has 0 saturated carbocycles. The lowest BCUT2D eigenvalue weighted by atomic mass is 10.1. The first kappa shape index (κ1) is 21.0. The maximum atomic E-state index is 10.6. The highest BCUT2D eigenvalue weighted by Crippen LogP contribution is 2.25. The molecule has 2 aromatic carbocycles. The van der Waals surface area contributed by atoms with E-state index in [0.717, 1.165) is 16.8 Å². The molecule has 0 aliphatic heterocycles. The van der Waals surface area contributed by atoms with Crippen LogP contribution in [0.25, 0.3) is 0 Å². The highest BCUT2D eigenvalue weighted by molar-refractivity contribution is 6.42. The number of nitrogens with zero attached hydrogens (tertiary/aromatic N) is 2. The van der Waals surface area contributed by atoms with Crippen molar-refractivity contribution in [1.29, 1.82) is 0 Å². The molecule has 29 heavy (non-hydrogen) atoms. The van der Waals surface area contributed by atoms with Crippen LogP contribution in [0.3, 0.4) is 0 Å². The number of carboxylic acid groups (broad SMARTS) is 1. The van der Waals surface area contributed by atoms with Gasteiger partial charge in [-0.2, -0.15) is 0 Å². The third kappa shape index (κ3) is 6.11. The summed E-state index contributed by atoms with van der Waals surface area (Å²) in [6.45, 7) is 0.663. The van der Waals surface area contributed by atoms with E-state index in [-0.39, 0.29) is 6.42 Å². The lowest BCUT2D eigenvalue weighted by molar-refractivity contribution is -0.136. The number of halogens is 2. The van der Waals surface area contributed by atoms with Gasteiger partial charge in [-0.3, -0.25) is 4.79 Å². The summed E-state index contributed by atoms with van der Waals surface area (Å²) < 4.78 is 5.76. The maximum Gasteiger partial charge on any atom is 0.303 e. The Morgan fingerprint density at radius 1 is 1.03 bits per heavy atom. The monoisotopic (exact) mass is 430 g/mol. The van der Waals surface area contributed by atoms with Gasteiger partial charge in [-0.15, -0.1) is 0 Å². The quantitative estimate of drug-likeness (QED) is 0.486. The average Bonchev–Trinajstić information content (AvgIpc) is 2.71. The Bertz CT molecular complexity index is 976. The van der Waals surface area contributed by atoms with Crippen molar-refractivity contribution in [2.75, 3.05) is 11.9 Å². The number of carboxylic acids is 1. The van der Waals surface area contributed by atoms with Gasteiger partial charge in [0.05, 0.1) is 21.9 Å². The number of aryl methyl sites for hydroxylation is 1. The molecule has 1 aromatic heterocycles. The third-order valence-corrected chi connectivity index (χ3v) is 5.08. The Balaban J connectivity index is 1.59. The fourth-order valence-electron chi connectivity index (χ4n) is 2.76. The van der Waals surface area contributed by atoms with Crippen molar-refractivity contribution in [3.8, 4) is 11.6 Å². The second kappa shape index (κ2) is 9.63. The molecular weight excluding hydrogens is 411 g/mol. The summed E-state index contributed by atoms with van der Waals surface area (Å²) in [5, 5.41) is 9.82. The summed E-state index contributed by atoms with van der Waals surface area (Å²) in [6.07, 6.45) is 2.35. The molecule has 150 valence electrons. The lowest BCUT2D eigenvalue weighted by Crippen LogP contribution is -2.16. The summed E-state index contributed by atoms with van der Waals surface area (Å²) in [5.74, 6) is 0.321. The van der Waals surface area contributed by atoms with Crippen molar-refractivity contribution in [3.63, 3.8) is 0 Å². The first-order valence-corrected chi connectivity index (χ1v) is 9.76. The van der Waals surface area contributed by atoms with Crippen LogP contribution in [-0.4, -0.2) is 23.1 Å². The number of hydrogen-bond donors (Lipinski definition) is 1. The van der Waals surface area contributed by atoms with Crippen molar-refractivity contribution in [1.82, 2.24) is 4.98 Å². The zero-order valence-corrected chi connectivity index (χ0v) is 17.3. The van der Waals surface area contributed by atoms with Crippen LogP contribution in [0.4, 0.5) is 5.69 Å². The topological polar surface area (TPSA) is 62.7 Å². The number of ether oxygens (including phenoxy) is 1. The Kier molecular flexibility index (Phi) is 6.96. The standard InChI is InChI=1S/C22H20Cl2N2O3/c1-26(14-16-4-9-19(23)20(24)12-16)17-6-10-21(25-13-17)29-18-7-2-15(3-8-18)5-11-22(27)28/h2-4,6-10,12-13H,5,11,14H2,1H3,(H,27,28). The largest absolute Gasteiger partial charge is 0.481 e. The van der Waals surface area contributed by atoms with Crippen LogP contribution in [0.15, 0.2) is 60.8 Å². The maximum absolute atomic E-state index is 10.6. The highest BCUT2D eigenvalue weighted by Gasteiger charge is 2.07. The zero-order valence-electron chi connectivity index (χ0n) is 15.8. The number of hydrogen-bond acceptors (Lipinski definition) is 4. The molecule has 0 fully saturated rings. The van der Waals surface area contributed by atoms with Gasteiger partial charge in [0.1, 0.15) is 5.75 Å². The van der Waals surface area contributed by atoms with Crippen molar-refractivity contribution < 1.29 is 14.6 Å². The van der Waals surface area contributed by atoms with Gasteiger partial charge in [0.25, 0.3) is 0 Å². The van der Waals surface area contributed by atoms with Crippen molar-refractivity contribution in [3.05, 3.63) is 82.0 Å². The van der Waals surface area contributed by atoms with Crippen molar-refractivity contribution in [2.24, 2.45) is 0 Å². The Morgan fingerprint density at radius 3 is 2.38 bits per heavy atom. The molecule has 0 radical (unpaired) electrons. The van der Waals surface area contributed by atoms with Gasteiger partial charge < -0.3 is 14.7 Å². The van der Waals surface area contributed by atoms with Crippen LogP contribution in [0.1, 0.15) is 17.5 Å². The fraction of sp³-hybridized carbons (Fsp3) is 0.182. The molecule has 0 aliphatic carbocycles. The van der Waals surface area contributed by atoms with E-state index in [9.17, 15) is 4.79 Å². The van der Waals surface area contributed by atoms with Gasteiger partial charge in [0.15, 0.2) is 0 Å². The summed E-state index contributed by atoms with van der Waals surface area (Å²) >= 11 is 12.0. The Morgan fingerprint density at radius 2 is 1.76 bits per heavy atom. The molecule has 0 amide bonds. The molecule has 0 saturated heterocycles. The van der Waals surface area contributed by atoms with E-state index in [4.69, 9.17) is 33.0 Å². The molecule has 3 aromatic rings. The van der Waals surface area contributed by atoms with Crippen LogP contribution in [-0.2, 0) is 17.8 Å². The van der Waals surface area contributed by atoms with Gasteiger partial charge in [0.2, 0.25) is 5.88 Å².